The Morgan fingerprint density at radius 1 is 1.53 bits per heavy atom. The Balaban J connectivity index is 3.12. The molecule has 1 aromatic rings. The van der Waals surface area contributed by atoms with E-state index >= 15 is 0 Å². The van der Waals surface area contributed by atoms with E-state index in [4.69, 9.17) is 24.1 Å². The summed E-state index contributed by atoms with van der Waals surface area (Å²) in [4.78, 5) is 10.2. The summed E-state index contributed by atoms with van der Waals surface area (Å²) in [5.74, 6) is 0.581. The predicted octanol–water partition coefficient (Wildman–Crippen LogP) is 3.46. The molecule has 0 heterocycles. The number of hydrogen-bond acceptors (Lipinski definition) is 3. The van der Waals surface area contributed by atoms with Crippen molar-refractivity contribution in [3.63, 3.8) is 0 Å². The first-order valence-electron chi connectivity index (χ1n) is 4.79. The van der Waals surface area contributed by atoms with Crippen molar-refractivity contribution >= 4 is 29.7 Å². The molecule has 0 saturated carbocycles. The van der Waals surface area contributed by atoms with E-state index in [1.54, 1.807) is 10.7 Å². The fourth-order valence-electron chi connectivity index (χ4n) is 1.16. The average molecular weight is 365 g/mol. The molecule has 0 unspecified atom stereocenters. The molecule has 0 amide bonds. The van der Waals surface area contributed by atoms with Gasteiger partial charge in [-0.15, -0.1) is 0 Å². The minimum atomic E-state index is -2.03. The second-order valence-electron chi connectivity index (χ2n) is 3.13. The van der Waals surface area contributed by atoms with Gasteiger partial charge in [-0.1, -0.05) is 0 Å². The van der Waals surface area contributed by atoms with E-state index in [1.165, 1.54) is 12.1 Å². The Morgan fingerprint density at radius 3 is 2.76 bits per heavy atom. The summed E-state index contributed by atoms with van der Waals surface area (Å²) in [6.07, 6.45) is 0.861. The van der Waals surface area contributed by atoms with Crippen molar-refractivity contribution in [2.24, 2.45) is 0 Å². The summed E-state index contributed by atoms with van der Waals surface area (Å²) < 4.78 is 7.12. The van der Waals surface area contributed by atoms with Crippen LogP contribution in [0.4, 0.5) is 5.69 Å². The van der Waals surface area contributed by atoms with E-state index in [-0.39, 0.29) is 5.69 Å². The Hall–Kier alpha value is -0.507. The van der Waals surface area contributed by atoms with Gasteiger partial charge in [-0.3, -0.25) is 0 Å². The number of non-ortho nitro benzene ring substituents is 1. The Labute approximate surface area is 112 Å². The maximum atomic E-state index is 10.7. The summed E-state index contributed by atoms with van der Waals surface area (Å²) >= 11 is -2.03. The molecule has 0 aliphatic carbocycles. The zero-order valence-corrected chi connectivity index (χ0v) is 12.3. The molecule has 96 valence electrons. The minimum absolute atomic E-state index is 0.00356. The molecule has 7 heteroatoms. The van der Waals surface area contributed by atoms with E-state index in [0.717, 1.165) is 6.42 Å². The second-order valence-corrected chi connectivity index (χ2v) is 8.86. The van der Waals surface area contributed by atoms with Gasteiger partial charge in [-0.05, 0) is 0 Å². The molecule has 17 heavy (non-hydrogen) atoms. The van der Waals surface area contributed by atoms with Crippen molar-refractivity contribution in [1.29, 1.82) is 0 Å². The molecular weight excluding hydrogens is 354 g/mol. The van der Waals surface area contributed by atoms with Gasteiger partial charge in [0.05, 0.1) is 0 Å². The van der Waals surface area contributed by atoms with Crippen LogP contribution >= 0.6 is 19.4 Å². The molecule has 0 N–H and O–H groups in total. The third kappa shape index (κ3) is 4.70. The maximum absolute atomic E-state index is 10.7. The molecule has 0 spiro atoms. The first-order valence-corrected chi connectivity index (χ1v) is 10.3. The number of hydrogen-bond donors (Lipinski definition) is 0. The fourth-order valence-corrected chi connectivity index (χ4v) is 2.94. The van der Waals surface area contributed by atoms with Crippen LogP contribution in [0.5, 0.6) is 5.75 Å². The van der Waals surface area contributed by atoms with Gasteiger partial charge in [-0.25, -0.2) is 0 Å². The van der Waals surface area contributed by atoms with Gasteiger partial charge in [0.15, 0.2) is 0 Å². The van der Waals surface area contributed by atoms with Crippen molar-refractivity contribution in [2.75, 3.05) is 6.61 Å². The molecule has 0 aliphatic heterocycles. The van der Waals surface area contributed by atoms with Crippen molar-refractivity contribution in [3.05, 3.63) is 33.9 Å². The fraction of sp³-hybridized carbons (Fsp3) is 0.300. The molecule has 1 rings (SSSR count). The summed E-state index contributed by atoms with van der Waals surface area (Å²) in [7, 11) is 11.6. The van der Waals surface area contributed by atoms with Crippen LogP contribution in [0.25, 0.3) is 0 Å². The van der Waals surface area contributed by atoms with E-state index < -0.39 is 18.4 Å². The van der Waals surface area contributed by atoms with Gasteiger partial charge in [0.1, 0.15) is 0 Å². The molecule has 0 radical (unpaired) electrons. The summed E-state index contributed by atoms with van der Waals surface area (Å²) in [5.41, 5.74) is 0.597. The van der Waals surface area contributed by atoms with Gasteiger partial charge in [0.25, 0.3) is 0 Å². The van der Waals surface area contributed by atoms with Gasteiger partial charge in [-0.2, -0.15) is 0 Å². The molecular formula is C10H11Cl2NO3Ru. The van der Waals surface area contributed by atoms with E-state index in [0.29, 0.717) is 17.9 Å². The monoisotopic (exact) mass is 365 g/mol. The number of ether oxygens (including phenoxy) is 1. The molecule has 1 aromatic carbocycles. The van der Waals surface area contributed by atoms with E-state index in [2.05, 4.69) is 0 Å². The summed E-state index contributed by atoms with van der Waals surface area (Å²) in [5, 5.41) is 10.7. The molecule has 0 fully saturated rings. The van der Waals surface area contributed by atoms with Crippen LogP contribution < -0.4 is 4.74 Å². The molecule has 0 saturated heterocycles. The van der Waals surface area contributed by atoms with Gasteiger partial charge >= 0.3 is 112 Å². The zero-order chi connectivity index (χ0) is 12.8. The standard InChI is InChI=1S/C10H11NO3.2ClH.Ru/c1-3-6-14-10-5-4-9(11(12)13)7-8(10)2;;;/h2,4-5,7H,3,6H2,1H3;2*1H;/q;;;+2/p-2. The van der Waals surface area contributed by atoms with Gasteiger partial charge in [0, 0.05) is 0 Å². The Bertz CT molecular complexity index is 447. The first kappa shape index (κ1) is 14.6. The molecule has 0 aromatic heterocycles. The average Bonchev–Trinajstić information content (AvgIpc) is 2.26. The number of benzene rings is 1. The second kappa shape index (κ2) is 7.04. The number of halogens is 2. The van der Waals surface area contributed by atoms with Crippen LogP contribution in [-0.4, -0.2) is 16.1 Å². The Kier molecular flexibility index (Phi) is 6.03. The first-order chi connectivity index (χ1) is 8.04. The third-order valence-electron chi connectivity index (χ3n) is 1.85. The van der Waals surface area contributed by atoms with E-state index in [1.807, 2.05) is 6.92 Å². The predicted molar refractivity (Wildman–Crippen MR) is 65.8 cm³/mol. The van der Waals surface area contributed by atoms with Crippen LogP contribution in [0.15, 0.2) is 18.2 Å². The zero-order valence-electron chi connectivity index (χ0n) is 9.01. The molecule has 0 aliphatic rings. The summed E-state index contributed by atoms with van der Waals surface area (Å²) in [6.45, 7) is 2.53. The number of nitrogens with zero attached hydrogens (tertiary/aromatic N) is 1. The van der Waals surface area contributed by atoms with Crippen molar-refractivity contribution in [3.8, 4) is 5.75 Å². The van der Waals surface area contributed by atoms with Gasteiger partial charge in [0.2, 0.25) is 0 Å². The van der Waals surface area contributed by atoms with Crippen molar-refractivity contribution < 1.29 is 23.2 Å². The topological polar surface area (TPSA) is 52.4 Å². The SMILES string of the molecule is CCCOc1ccc([N+](=O)[O-])cc1[CH]=[Ru]([Cl])[Cl]. The number of nitro benzene ring substituents is 1. The van der Waals surface area contributed by atoms with Gasteiger partial charge < -0.3 is 0 Å². The third-order valence-corrected chi connectivity index (χ3v) is 3.69. The summed E-state index contributed by atoms with van der Waals surface area (Å²) in [6, 6.07) is 4.41. The Morgan fingerprint density at radius 2 is 2.24 bits per heavy atom. The molecule has 0 bridgehead atoms. The van der Waals surface area contributed by atoms with Crippen LogP contribution in [0, 0.1) is 10.1 Å². The van der Waals surface area contributed by atoms with Crippen molar-refractivity contribution in [1.82, 2.24) is 0 Å². The number of nitro groups is 1. The van der Waals surface area contributed by atoms with Crippen LogP contribution in [0.2, 0.25) is 0 Å². The van der Waals surface area contributed by atoms with E-state index in [9.17, 15) is 10.1 Å². The number of rotatable bonds is 5. The quantitative estimate of drug-likeness (QED) is 0.456. The van der Waals surface area contributed by atoms with Crippen LogP contribution in [-0.2, 0) is 13.5 Å². The molecule has 0 atom stereocenters. The van der Waals surface area contributed by atoms with Crippen molar-refractivity contribution in [2.45, 2.75) is 13.3 Å². The van der Waals surface area contributed by atoms with Crippen LogP contribution in [0.1, 0.15) is 18.9 Å². The van der Waals surface area contributed by atoms with Crippen LogP contribution in [0.3, 0.4) is 0 Å². The molecule has 4 nitrogen and oxygen atoms in total. The normalized spacial score (nSPS) is 10.9.